The van der Waals surface area contributed by atoms with Crippen LogP contribution in [0.5, 0.6) is 0 Å². The number of nitrogens with zero attached hydrogens (tertiary/aromatic N) is 1. The Balaban J connectivity index is 2.58. The lowest BCUT2D eigenvalue weighted by Gasteiger charge is -2.01. The lowest BCUT2D eigenvalue weighted by molar-refractivity contribution is 0.560. The molecule has 0 N–H and O–H groups in total. The second kappa shape index (κ2) is 4.45. The van der Waals surface area contributed by atoms with Crippen LogP contribution >= 0.6 is 31.9 Å². The fourth-order valence-corrected chi connectivity index (χ4v) is 2.02. The van der Waals surface area contributed by atoms with Crippen LogP contribution in [0.1, 0.15) is 5.69 Å². The predicted molar refractivity (Wildman–Crippen MR) is 62.2 cm³/mol. The van der Waals surface area contributed by atoms with E-state index in [1.54, 1.807) is 12.1 Å². The number of hydrogen-bond donors (Lipinski definition) is 0. The van der Waals surface area contributed by atoms with Crippen molar-refractivity contribution in [2.45, 2.75) is 5.33 Å². The van der Waals surface area contributed by atoms with Gasteiger partial charge < -0.3 is 4.42 Å². The first-order chi connectivity index (χ1) is 7.22. The average molecular weight is 335 g/mol. The molecular formula is C10H6Br2FNO. The first kappa shape index (κ1) is 10.8. The van der Waals surface area contributed by atoms with E-state index in [-0.39, 0.29) is 5.82 Å². The number of hydrogen-bond acceptors (Lipinski definition) is 2. The molecule has 0 amide bonds. The molecule has 0 saturated carbocycles. The van der Waals surface area contributed by atoms with Crippen LogP contribution in [-0.4, -0.2) is 4.98 Å². The molecule has 2 nitrogen and oxygen atoms in total. The number of rotatable bonds is 2. The van der Waals surface area contributed by atoms with Crippen LogP contribution in [0.3, 0.4) is 0 Å². The lowest BCUT2D eigenvalue weighted by Crippen LogP contribution is -1.87. The van der Waals surface area contributed by atoms with Gasteiger partial charge in [0, 0.05) is 9.80 Å². The van der Waals surface area contributed by atoms with Crippen LogP contribution < -0.4 is 0 Å². The van der Waals surface area contributed by atoms with E-state index in [1.165, 1.54) is 12.5 Å². The van der Waals surface area contributed by atoms with Gasteiger partial charge in [-0.1, -0.05) is 31.9 Å². The van der Waals surface area contributed by atoms with Crippen LogP contribution in [0.25, 0.3) is 11.3 Å². The van der Waals surface area contributed by atoms with Crippen molar-refractivity contribution < 1.29 is 8.81 Å². The number of alkyl halides is 1. The standard InChI is InChI=1S/C10H6Br2FNO/c11-4-9-10(15-5-14-9)7-3-6(12)1-2-8(7)13/h1-3,5H,4H2. The van der Waals surface area contributed by atoms with E-state index in [1.807, 2.05) is 0 Å². The fourth-order valence-electron chi connectivity index (χ4n) is 1.25. The molecule has 0 atom stereocenters. The van der Waals surface area contributed by atoms with Gasteiger partial charge in [-0.3, -0.25) is 0 Å². The minimum atomic E-state index is -0.322. The smallest absolute Gasteiger partial charge is 0.181 e. The summed E-state index contributed by atoms with van der Waals surface area (Å²) in [7, 11) is 0. The quantitative estimate of drug-likeness (QED) is 0.771. The van der Waals surface area contributed by atoms with Crippen molar-refractivity contribution in [1.29, 1.82) is 0 Å². The number of halogens is 3. The molecule has 0 bridgehead atoms. The maximum absolute atomic E-state index is 13.5. The van der Waals surface area contributed by atoms with Gasteiger partial charge in [0.25, 0.3) is 0 Å². The minimum Gasteiger partial charge on any atom is -0.443 e. The molecule has 5 heteroatoms. The minimum absolute atomic E-state index is 0.322. The van der Waals surface area contributed by atoms with Gasteiger partial charge in [-0.2, -0.15) is 0 Å². The largest absolute Gasteiger partial charge is 0.443 e. The molecule has 0 aliphatic carbocycles. The number of benzene rings is 1. The third-order valence-electron chi connectivity index (χ3n) is 1.94. The van der Waals surface area contributed by atoms with Crippen molar-refractivity contribution >= 4 is 31.9 Å². The Kier molecular flexibility index (Phi) is 3.21. The molecular weight excluding hydrogens is 329 g/mol. The van der Waals surface area contributed by atoms with Gasteiger partial charge in [-0.15, -0.1) is 0 Å². The van der Waals surface area contributed by atoms with E-state index in [0.717, 1.165) is 4.47 Å². The van der Waals surface area contributed by atoms with Gasteiger partial charge in [0.2, 0.25) is 0 Å². The Labute approximate surface area is 103 Å². The molecule has 0 aliphatic heterocycles. The van der Waals surface area contributed by atoms with Crippen LogP contribution in [0.4, 0.5) is 4.39 Å². The van der Waals surface area contributed by atoms with Crippen molar-refractivity contribution in [2.75, 3.05) is 0 Å². The van der Waals surface area contributed by atoms with E-state index in [0.29, 0.717) is 22.3 Å². The summed E-state index contributed by atoms with van der Waals surface area (Å²) in [5, 5.41) is 0.533. The first-order valence-corrected chi connectivity index (χ1v) is 6.07. The SMILES string of the molecule is Fc1ccc(Br)cc1-c1ocnc1CBr. The van der Waals surface area contributed by atoms with Crippen molar-refractivity contribution in [3.63, 3.8) is 0 Å². The van der Waals surface area contributed by atoms with Crippen molar-refractivity contribution in [2.24, 2.45) is 0 Å². The third-order valence-corrected chi connectivity index (χ3v) is 2.97. The highest BCUT2D eigenvalue weighted by Crippen LogP contribution is 2.29. The van der Waals surface area contributed by atoms with Crippen molar-refractivity contribution in [3.8, 4) is 11.3 Å². The molecule has 0 radical (unpaired) electrons. The summed E-state index contributed by atoms with van der Waals surface area (Å²) in [5.74, 6) is 0.142. The summed E-state index contributed by atoms with van der Waals surface area (Å²) < 4.78 is 19.5. The van der Waals surface area contributed by atoms with E-state index < -0.39 is 0 Å². The predicted octanol–water partition coefficient (Wildman–Crippen LogP) is 4.14. The molecule has 15 heavy (non-hydrogen) atoms. The molecule has 0 fully saturated rings. The summed E-state index contributed by atoms with van der Waals surface area (Å²) in [5.41, 5.74) is 1.10. The summed E-state index contributed by atoms with van der Waals surface area (Å²) in [6, 6.07) is 4.70. The van der Waals surface area contributed by atoms with E-state index in [9.17, 15) is 4.39 Å². The number of oxazole rings is 1. The second-order valence-electron chi connectivity index (χ2n) is 2.89. The van der Waals surface area contributed by atoms with Crippen LogP contribution in [0, 0.1) is 5.82 Å². The normalized spacial score (nSPS) is 10.6. The highest BCUT2D eigenvalue weighted by Gasteiger charge is 2.14. The third kappa shape index (κ3) is 2.13. The first-order valence-electron chi connectivity index (χ1n) is 4.16. The highest BCUT2D eigenvalue weighted by molar-refractivity contribution is 9.10. The Hall–Kier alpha value is -0.680. The van der Waals surface area contributed by atoms with Crippen LogP contribution in [0.2, 0.25) is 0 Å². The molecule has 2 aromatic rings. The van der Waals surface area contributed by atoms with Gasteiger partial charge in [-0.05, 0) is 18.2 Å². The summed E-state index contributed by atoms with van der Waals surface area (Å²) in [6.45, 7) is 0. The molecule has 1 heterocycles. The van der Waals surface area contributed by atoms with E-state index >= 15 is 0 Å². The monoisotopic (exact) mass is 333 g/mol. The molecule has 1 aromatic carbocycles. The molecule has 78 valence electrons. The van der Waals surface area contributed by atoms with E-state index in [4.69, 9.17) is 4.42 Å². The second-order valence-corrected chi connectivity index (χ2v) is 4.36. The van der Waals surface area contributed by atoms with Gasteiger partial charge in [0.1, 0.15) is 5.82 Å². The summed E-state index contributed by atoms with van der Waals surface area (Å²) in [4.78, 5) is 3.99. The van der Waals surface area contributed by atoms with E-state index in [2.05, 4.69) is 36.8 Å². The van der Waals surface area contributed by atoms with Gasteiger partial charge in [-0.25, -0.2) is 9.37 Å². The lowest BCUT2D eigenvalue weighted by atomic mass is 10.1. The van der Waals surface area contributed by atoms with Crippen LogP contribution in [0.15, 0.2) is 33.5 Å². The number of aromatic nitrogens is 1. The zero-order chi connectivity index (χ0) is 10.8. The molecule has 0 unspecified atom stereocenters. The Morgan fingerprint density at radius 3 is 2.93 bits per heavy atom. The molecule has 0 saturated heterocycles. The maximum atomic E-state index is 13.5. The Morgan fingerprint density at radius 2 is 2.20 bits per heavy atom. The highest BCUT2D eigenvalue weighted by atomic mass is 79.9. The summed E-state index contributed by atoms with van der Waals surface area (Å²) in [6.07, 6.45) is 1.31. The maximum Gasteiger partial charge on any atom is 0.181 e. The van der Waals surface area contributed by atoms with Crippen molar-refractivity contribution in [3.05, 3.63) is 40.6 Å². The van der Waals surface area contributed by atoms with Gasteiger partial charge in [0.05, 0.1) is 11.3 Å². The van der Waals surface area contributed by atoms with Crippen LogP contribution in [-0.2, 0) is 5.33 Å². The fraction of sp³-hybridized carbons (Fsp3) is 0.100. The Morgan fingerprint density at radius 1 is 1.40 bits per heavy atom. The Bertz CT molecular complexity index is 484. The van der Waals surface area contributed by atoms with Gasteiger partial charge >= 0.3 is 0 Å². The van der Waals surface area contributed by atoms with Crippen molar-refractivity contribution in [1.82, 2.24) is 4.98 Å². The van der Waals surface area contributed by atoms with Gasteiger partial charge in [0.15, 0.2) is 12.2 Å². The summed E-state index contributed by atoms with van der Waals surface area (Å²) >= 11 is 6.56. The topological polar surface area (TPSA) is 26.0 Å². The molecule has 1 aromatic heterocycles. The zero-order valence-electron chi connectivity index (χ0n) is 7.51. The zero-order valence-corrected chi connectivity index (χ0v) is 10.7. The molecule has 0 spiro atoms. The average Bonchev–Trinajstić information content (AvgIpc) is 2.69. The molecule has 2 rings (SSSR count). The molecule has 0 aliphatic rings.